The molecule has 4 aliphatic carbocycles. The Balaban J connectivity index is 1.24. The standard InChI is InChI=1S/C40H54O3/c1-6-31-36-25-30(43-27(3)41)21-23-40(36,5)35-22-24-39(4)33(19-20-34(39)37(35)38(31)42)26(2)17-18-32(28-13-9-7-10-14-28)29-15-11-8-12-16-29/h7-16,18,26,30-31,33-38,42H,6,17,19-25H2,1-5H3/t26-,30-,31-,33-,34?,35+,36?,37?,38?,39-,40-/m1/s1. The molecule has 0 heterocycles. The van der Waals surface area contributed by atoms with Gasteiger partial charge in [0.1, 0.15) is 6.10 Å². The van der Waals surface area contributed by atoms with Crippen molar-refractivity contribution in [1.29, 1.82) is 0 Å². The highest BCUT2D eigenvalue weighted by molar-refractivity contribution is 5.79. The highest BCUT2D eigenvalue weighted by atomic mass is 16.5. The van der Waals surface area contributed by atoms with E-state index in [1.54, 1.807) is 0 Å². The van der Waals surface area contributed by atoms with Crippen molar-refractivity contribution in [3.63, 3.8) is 0 Å². The van der Waals surface area contributed by atoms with Crippen molar-refractivity contribution in [3.8, 4) is 0 Å². The molecule has 2 aromatic rings. The molecule has 0 spiro atoms. The van der Waals surface area contributed by atoms with E-state index in [4.69, 9.17) is 4.74 Å². The van der Waals surface area contributed by atoms with Crippen LogP contribution >= 0.6 is 0 Å². The molecule has 4 unspecified atom stereocenters. The number of carbonyl (C=O) groups excluding carboxylic acids is 1. The molecule has 1 N–H and O–H groups in total. The quantitative estimate of drug-likeness (QED) is 0.331. The first kappa shape index (κ1) is 30.6. The summed E-state index contributed by atoms with van der Waals surface area (Å²) in [6.07, 6.45) is 12.4. The van der Waals surface area contributed by atoms with Crippen LogP contribution in [0.3, 0.4) is 0 Å². The first-order valence-corrected chi connectivity index (χ1v) is 17.3. The molecule has 3 nitrogen and oxygen atoms in total. The van der Waals surface area contributed by atoms with Crippen LogP contribution < -0.4 is 0 Å². The van der Waals surface area contributed by atoms with Crippen LogP contribution in [0.1, 0.15) is 104 Å². The van der Waals surface area contributed by atoms with Crippen molar-refractivity contribution in [2.45, 2.75) is 105 Å². The van der Waals surface area contributed by atoms with Crippen molar-refractivity contribution in [2.24, 2.45) is 52.3 Å². The van der Waals surface area contributed by atoms with E-state index >= 15 is 0 Å². The molecule has 0 radical (unpaired) electrons. The van der Waals surface area contributed by atoms with Gasteiger partial charge in [0.25, 0.3) is 0 Å². The number of benzene rings is 2. The summed E-state index contributed by atoms with van der Waals surface area (Å²) in [5.41, 5.74) is 4.44. The van der Waals surface area contributed by atoms with Crippen LogP contribution in [0.15, 0.2) is 66.7 Å². The Kier molecular flexibility index (Phi) is 8.68. The first-order valence-electron chi connectivity index (χ1n) is 17.3. The summed E-state index contributed by atoms with van der Waals surface area (Å²) in [5.74, 6) is 3.41. The van der Waals surface area contributed by atoms with E-state index in [0.717, 1.165) is 32.1 Å². The Labute approximate surface area is 260 Å². The number of aliphatic hydroxyl groups excluding tert-OH is 1. The summed E-state index contributed by atoms with van der Waals surface area (Å²) in [4.78, 5) is 11.8. The minimum Gasteiger partial charge on any atom is -0.463 e. The molecule has 232 valence electrons. The molecular formula is C40H54O3. The molecule has 4 fully saturated rings. The Hall–Kier alpha value is -2.39. The molecular weight excluding hydrogens is 528 g/mol. The fourth-order valence-electron chi connectivity index (χ4n) is 11.4. The molecule has 4 saturated carbocycles. The average Bonchev–Trinajstić information content (AvgIpc) is 3.36. The van der Waals surface area contributed by atoms with Crippen molar-refractivity contribution >= 4 is 11.5 Å². The van der Waals surface area contributed by atoms with E-state index in [1.807, 2.05) is 0 Å². The summed E-state index contributed by atoms with van der Waals surface area (Å²) < 4.78 is 5.75. The Bertz CT molecular complexity index is 1240. The van der Waals surface area contributed by atoms with Crippen molar-refractivity contribution in [3.05, 3.63) is 77.9 Å². The molecule has 43 heavy (non-hydrogen) atoms. The van der Waals surface area contributed by atoms with E-state index in [2.05, 4.69) is 94.4 Å². The van der Waals surface area contributed by atoms with E-state index in [0.29, 0.717) is 41.4 Å². The zero-order chi connectivity index (χ0) is 30.4. The van der Waals surface area contributed by atoms with Crippen molar-refractivity contribution < 1.29 is 14.6 Å². The summed E-state index contributed by atoms with van der Waals surface area (Å²) in [6, 6.07) is 21.7. The van der Waals surface area contributed by atoms with Crippen LogP contribution in [0.25, 0.3) is 5.57 Å². The fraction of sp³-hybridized carbons (Fsp3) is 0.625. The number of aliphatic hydroxyl groups is 1. The van der Waals surface area contributed by atoms with Crippen LogP contribution in [0.4, 0.5) is 0 Å². The second-order valence-electron chi connectivity index (χ2n) is 15.3. The topological polar surface area (TPSA) is 46.5 Å². The first-order chi connectivity index (χ1) is 20.7. The number of fused-ring (bicyclic) bond motifs is 5. The summed E-state index contributed by atoms with van der Waals surface area (Å²) in [5, 5.41) is 12.2. The van der Waals surface area contributed by atoms with Gasteiger partial charge in [-0.25, -0.2) is 0 Å². The number of carbonyl (C=O) groups is 1. The highest BCUT2D eigenvalue weighted by Gasteiger charge is 2.65. The number of ether oxygens (including phenoxy) is 1. The van der Waals surface area contributed by atoms with Gasteiger partial charge >= 0.3 is 5.97 Å². The Morgan fingerprint density at radius 1 is 0.907 bits per heavy atom. The van der Waals surface area contributed by atoms with Crippen molar-refractivity contribution in [1.82, 2.24) is 0 Å². The summed E-state index contributed by atoms with van der Waals surface area (Å²) >= 11 is 0. The molecule has 2 aromatic carbocycles. The summed E-state index contributed by atoms with van der Waals surface area (Å²) in [7, 11) is 0. The molecule has 0 amide bonds. The molecule has 11 atom stereocenters. The van der Waals surface area contributed by atoms with Crippen molar-refractivity contribution in [2.75, 3.05) is 0 Å². The van der Waals surface area contributed by atoms with Crippen LogP contribution in [0, 0.1) is 52.3 Å². The van der Waals surface area contributed by atoms with Crippen LogP contribution in [-0.4, -0.2) is 23.3 Å². The van der Waals surface area contributed by atoms with Gasteiger partial charge in [0.2, 0.25) is 0 Å². The van der Waals surface area contributed by atoms with E-state index in [-0.39, 0.29) is 29.0 Å². The molecule has 0 aliphatic heterocycles. The van der Waals surface area contributed by atoms with E-state index in [9.17, 15) is 9.90 Å². The number of rotatable bonds is 7. The third-order valence-corrected chi connectivity index (χ3v) is 13.3. The lowest BCUT2D eigenvalue weighted by Gasteiger charge is -2.64. The van der Waals surface area contributed by atoms with Gasteiger partial charge in [-0.1, -0.05) is 101 Å². The lowest BCUT2D eigenvalue weighted by Crippen LogP contribution is -2.62. The minimum absolute atomic E-state index is 0.0173. The van der Waals surface area contributed by atoms with Gasteiger partial charge in [0, 0.05) is 6.92 Å². The maximum Gasteiger partial charge on any atom is 0.302 e. The van der Waals surface area contributed by atoms with E-state index in [1.165, 1.54) is 49.3 Å². The normalized spacial score (nSPS) is 39.1. The monoisotopic (exact) mass is 582 g/mol. The van der Waals surface area contributed by atoms with Gasteiger partial charge in [-0.15, -0.1) is 0 Å². The maximum absolute atomic E-state index is 12.2. The van der Waals surface area contributed by atoms with Gasteiger partial charge in [-0.3, -0.25) is 4.79 Å². The van der Waals surface area contributed by atoms with Gasteiger partial charge in [0.15, 0.2) is 0 Å². The van der Waals surface area contributed by atoms with Crippen LogP contribution in [0.2, 0.25) is 0 Å². The van der Waals surface area contributed by atoms with Crippen LogP contribution in [0.5, 0.6) is 0 Å². The zero-order valence-electron chi connectivity index (χ0n) is 27.2. The number of hydrogen-bond acceptors (Lipinski definition) is 3. The molecule has 0 aromatic heterocycles. The van der Waals surface area contributed by atoms with Gasteiger partial charge in [-0.05, 0) is 120 Å². The molecule has 0 saturated heterocycles. The van der Waals surface area contributed by atoms with Gasteiger partial charge in [-0.2, -0.15) is 0 Å². The fourth-order valence-corrected chi connectivity index (χ4v) is 11.4. The molecule has 6 rings (SSSR count). The van der Waals surface area contributed by atoms with Gasteiger partial charge in [0.05, 0.1) is 6.10 Å². The second-order valence-corrected chi connectivity index (χ2v) is 15.3. The second kappa shape index (κ2) is 12.2. The number of esters is 1. The largest absolute Gasteiger partial charge is 0.463 e. The SMILES string of the molecule is CC[C@H]1C(O)C2C3CC[C@H]([C@H](C)CC=C(c4ccccc4)c4ccccc4)[C@@]3(C)CC[C@@H]2[C@@]2(C)CC[C@@H](OC(C)=O)CC12. The Morgan fingerprint density at radius 3 is 2.12 bits per heavy atom. The number of hydrogen-bond donors (Lipinski definition) is 1. The predicted octanol–water partition coefficient (Wildman–Crippen LogP) is 9.34. The average molecular weight is 583 g/mol. The maximum atomic E-state index is 12.2. The molecule has 3 heteroatoms. The summed E-state index contributed by atoms with van der Waals surface area (Å²) in [6.45, 7) is 11.4. The van der Waals surface area contributed by atoms with Crippen LogP contribution in [-0.2, 0) is 9.53 Å². The molecule has 4 aliphatic rings. The minimum atomic E-state index is -0.245. The Morgan fingerprint density at radius 2 is 1.51 bits per heavy atom. The highest BCUT2D eigenvalue weighted by Crippen LogP contribution is 2.69. The number of allylic oxidation sites excluding steroid dienone is 1. The lowest BCUT2D eigenvalue weighted by atomic mass is 9.41. The zero-order valence-corrected chi connectivity index (χ0v) is 27.2. The third kappa shape index (κ3) is 5.43. The smallest absolute Gasteiger partial charge is 0.302 e. The predicted molar refractivity (Wildman–Crippen MR) is 175 cm³/mol. The lowest BCUT2D eigenvalue weighted by molar-refractivity contribution is -0.207. The molecule has 0 bridgehead atoms. The van der Waals surface area contributed by atoms with E-state index < -0.39 is 0 Å². The third-order valence-electron chi connectivity index (χ3n) is 13.3. The van der Waals surface area contributed by atoms with Gasteiger partial charge < -0.3 is 9.84 Å².